The maximum atomic E-state index is 11.9. The zero-order valence-electron chi connectivity index (χ0n) is 10.9. The third-order valence-electron chi connectivity index (χ3n) is 2.43. The SMILES string of the molecule is NC(=O)c1ccc(S(=O)(=O)NCCSCCCO)cc1. The molecule has 112 valence electrons. The minimum absolute atomic E-state index is 0.0999. The van der Waals surface area contributed by atoms with Gasteiger partial charge in [-0.2, -0.15) is 11.8 Å². The first-order chi connectivity index (χ1) is 9.47. The summed E-state index contributed by atoms with van der Waals surface area (Å²) < 4.78 is 26.3. The molecule has 0 aliphatic carbocycles. The number of nitrogens with one attached hydrogen (secondary N) is 1. The second-order valence-corrected chi connectivity index (χ2v) is 6.97. The number of carbonyl (C=O) groups excluding carboxylic acids is 1. The van der Waals surface area contributed by atoms with Crippen LogP contribution in [0.1, 0.15) is 16.8 Å². The van der Waals surface area contributed by atoms with E-state index in [9.17, 15) is 13.2 Å². The number of rotatable bonds is 9. The summed E-state index contributed by atoms with van der Waals surface area (Å²) in [7, 11) is -3.56. The number of carbonyl (C=O) groups is 1. The molecule has 0 aliphatic rings. The number of hydrogen-bond acceptors (Lipinski definition) is 5. The van der Waals surface area contributed by atoms with Crippen molar-refractivity contribution in [3.8, 4) is 0 Å². The van der Waals surface area contributed by atoms with E-state index >= 15 is 0 Å². The van der Waals surface area contributed by atoms with Crippen LogP contribution < -0.4 is 10.5 Å². The van der Waals surface area contributed by atoms with Crippen LogP contribution in [0.15, 0.2) is 29.2 Å². The minimum Gasteiger partial charge on any atom is -0.396 e. The fraction of sp³-hybridized carbons (Fsp3) is 0.417. The fourth-order valence-corrected chi connectivity index (χ4v) is 3.34. The van der Waals surface area contributed by atoms with Gasteiger partial charge in [-0.1, -0.05) is 0 Å². The van der Waals surface area contributed by atoms with E-state index in [1.54, 1.807) is 11.8 Å². The van der Waals surface area contributed by atoms with Gasteiger partial charge >= 0.3 is 0 Å². The van der Waals surface area contributed by atoms with Crippen molar-refractivity contribution < 1.29 is 18.3 Å². The van der Waals surface area contributed by atoms with E-state index in [1.807, 2.05) is 0 Å². The van der Waals surface area contributed by atoms with E-state index in [4.69, 9.17) is 10.8 Å². The zero-order valence-corrected chi connectivity index (χ0v) is 12.5. The standard InChI is InChI=1S/C12H18N2O4S2/c13-12(16)10-2-4-11(5-3-10)20(17,18)14-6-9-19-8-1-7-15/h2-5,14-15H,1,6-9H2,(H2,13,16). The normalized spacial score (nSPS) is 11.4. The van der Waals surface area contributed by atoms with Crippen molar-refractivity contribution in [2.24, 2.45) is 5.73 Å². The van der Waals surface area contributed by atoms with Crippen molar-refractivity contribution in [2.45, 2.75) is 11.3 Å². The predicted octanol–water partition coefficient (Wildman–Crippen LogP) is 0.179. The number of aliphatic hydroxyl groups is 1. The molecule has 1 amide bonds. The Labute approximate surface area is 122 Å². The van der Waals surface area contributed by atoms with Gasteiger partial charge in [0.05, 0.1) is 4.90 Å². The Kier molecular flexibility index (Phi) is 7.00. The molecule has 0 aliphatic heterocycles. The summed E-state index contributed by atoms with van der Waals surface area (Å²) in [6.07, 6.45) is 0.700. The molecular weight excluding hydrogens is 300 g/mol. The molecule has 6 nitrogen and oxygen atoms in total. The number of nitrogens with two attached hydrogens (primary N) is 1. The molecule has 0 unspecified atom stereocenters. The second kappa shape index (κ2) is 8.25. The van der Waals surface area contributed by atoms with E-state index in [-0.39, 0.29) is 17.1 Å². The number of sulfonamides is 1. The summed E-state index contributed by atoms with van der Waals surface area (Å²) in [4.78, 5) is 11.0. The molecule has 1 aromatic rings. The minimum atomic E-state index is -3.56. The molecule has 1 aromatic carbocycles. The molecule has 0 fully saturated rings. The Morgan fingerprint density at radius 3 is 2.45 bits per heavy atom. The van der Waals surface area contributed by atoms with Crippen LogP contribution in [0.4, 0.5) is 0 Å². The van der Waals surface area contributed by atoms with Crippen molar-refractivity contribution in [1.82, 2.24) is 4.72 Å². The summed E-state index contributed by atoms with van der Waals surface area (Å²) >= 11 is 1.57. The van der Waals surface area contributed by atoms with Crippen LogP contribution in [0, 0.1) is 0 Å². The summed E-state index contributed by atoms with van der Waals surface area (Å²) in [5.74, 6) is 0.839. The molecule has 4 N–H and O–H groups in total. The van der Waals surface area contributed by atoms with E-state index < -0.39 is 15.9 Å². The first-order valence-corrected chi connectivity index (χ1v) is 8.69. The Morgan fingerprint density at radius 1 is 1.25 bits per heavy atom. The van der Waals surface area contributed by atoms with Gasteiger partial charge in [-0.25, -0.2) is 13.1 Å². The Bertz CT molecular complexity index is 529. The molecule has 8 heteroatoms. The van der Waals surface area contributed by atoms with Crippen LogP contribution in [-0.4, -0.2) is 44.1 Å². The fourth-order valence-electron chi connectivity index (χ4n) is 1.40. The molecule has 0 aromatic heterocycles. The molecule has 0 saturated heterocycles. The number of benzene rings is 1. The Morgan fingerprint density at radius 2 is 1.90 bits per heavy atom. The summed E-state index contributed by atoms with van der Waals surface area (Å²) in [5, 5.41) is 8.60. The van der Waals surface area contributed by atoms with Gasteiger partial charge in [-0.3, -0.25) is 4.79 Å². The lowest BCUT2D eigenvalue weighted by atomic mass is 10.2. The highest BCUT2D eigenvalue weighted by molar-refractivity contribution is 7.99. The third-order valence-corrected chi connectivity index (χ3v) is 4.98. The van der Waals surface area contributed by atoms with E-state index in [2.05, 4.69) is 4.72 Å². The van der Waals surface area contributed by atoms with Crippen LogP contribution in [0.3, 0.4) is 0 Å². The van der Waals surface area contributed by atoms with Crippen molar-refractivity contribution >= 4 is 27.7 Å². The van der Waals surface area contributed by atoms with Gasteiger partial charge < -0.3 is 10.8 Å². The summed E-state index contributed by atoms with van der Waals surface area (Å²) in [5.41, 5.74) is 5.35. The van der Waals surface area contributed by atoms with E-state index in [1.165, 1.54) is 24.3 Å². The van der Waals surface area contributed by atoms with Crippen molar-refractivity contribution in [3.63, 3.8) is 0 Å². The lowest BCUT2D eigenvalue weighted by Crippen LogP contribution is -2.26. The van der Waals surface area contributed by atoms with Crippen molar-refractivity contribution in [1.29, 1.82) is 0 Å². The number of hydrogen-bond donors (Lipinski definition) is 3. The highest BCUT2D eigenvalue weighted by Gasteiger charge is 2.13. The van der Waals surface area contributed by atoms with Gasteiger partial charge in [0.25, 0.3) is 0 Å². The molecule has 0 bridgehead atoms. The maximum Gasteiger partial charge on any atom is 0.248 e. The third kappa shape index (κ3) is 5.49. The van der Waals surface area contributed by atoms with E-state index in [0.717, 1.165) is 5.75 Å². The molecule has 1 rings (SSSR count). The first-order valence-electron chi connectivity index (χ1n) is 6.05. The highest BCUT2D eigenvalue weighted by Crippen LogP contribution is 2.10. The van der Waals surface area contributed by atoms with Crippen LogP contribution in [0.2, 0.25) is 0 Å². The Balaban J connectivity index is 2.49. The average Bonchev–Trinajstić information content (AvgIpc) is 2.43. The lowest BCUT2D eigenvalue weighted by Gasteiger charge is -2.07. The van der Waals surface area contributed by atoms with Crippen LogP contribution in [0.5, 0.6) is 0 Å². The summed E-state index contributed by atoms with van der Waals surface area (Å²) in [6.45, 7) is 0.459. The van der Waals surface area contributed by atoms with Gasteiger partial charge in [0.15, 0.2) is 0 Å². The lowest BCUT2D eigenvalue weighted by molar-refractivity contribution is 0.1000. The van der Waals surface area contributed by atoms with Gasteiger partial charge in [0.1, 0.15) is 0 Å². The predicted molar refractivity (Wildman–Crippen MR) is 79.2 cm³/mol. The maximum absolute atomic E-state index is 11.9. The molecule has 0 atom stereocenters. The van der Waals surface area contributed by atoms with Gasteiger partial charge in [0.2, 0.25) is 15.9 Å². The van der Waals surface area contributed by atoms with Gasteiger partial charge in [0, 0.05) is 24.5 Å². The monoisotopic (exact) mass is 318 g/mol. The molecular formula is C12H18N2O4S2. The van der Waals surface area contributed by atoms with Crippen molar-refractivity contribution in [2.75, 3.05) is 24.7 Å². The smallest absolute Gasteiger partial charge is 0.248 e. The van der Waals surface area contributed by atoms with Crippen LogP contribution in [-0.2, 0) is 10.0 Å². The zero-order chi connectivity index (χ0) is 15.0. The molecule has 0 saturated carbocycles. The molecule has 0 heterocycles. The van der Waals surface area contributed by atoms with Gasteiger partial charge in [-0.15, -0.1) is 0 Å². The number of primary amides is 1. The van der Waals surface area contributed by atoms with Gasteiger partial charge in [-0.05, 0) is 36.4 Å². The first kappa shape index (κ1) is 17.0. The average molecular weight is 318 g/mol. The number of thioether (sulfide) groups is 1. The largest absolute Gasteiger partial charge is 0.396 e. The van der Waals surface area contributed by atoms with E-state index in [0.29, 0.717) is 18.7 Å². The van der Waals surface area contributed by atoms with Crippen molar-refractivity contribution in [3.05, 3.63) is 29.8 Å². The molecule has 20 heavy (non-hydrogen) atoms. The molecule has 0 spiro atoms. The van der Waals surface area contributed by atoms with Crippen LogP contribution >= 0.6 is 11.8 Å². The quantitative estimate of drug-likeness (QED) is 0.563. The number of aliphatic hydroxyl groups excluding tert-OH is 1. The second-order valence-electron chi connectivity index (χ2n) is 3.98. The highest BCUT2D eigenvalue weighted by atomic mass is 32.2. The topological polar surface area (TPSA) is 109 Å². The summed E-state index contributed by atoms with van der Waals surface area (Å²) in [6, 6.07) is 5.46. The Hall–Kier alpha value is -1.09. The number of amides is 1. The molecule has 0 radical (unpaired) electrons. The van der Waals surface area contributed by atoms with Crippen LogP contribution in [0.25, 0.3) is 0 Å².